The lowest BCUT2D eigenvalue weighted by Gasteiger charge is -2.15. The highest BCUT2D eigenvalue weighted by Gasteiger charge is 2.17. The highest BCUT2D eigenvalue weighted by molar-refractivity contribution is 5.80. The predicted octanol–water partition coefficient (Wildman–Crippen LogP) is 0.553. The van der Waals surface area contributed by atoms with E-state index < -0.39 is 0 Å². The Morgan fingerprint density at radius 2 is 2.06 bits per heavy atom. The minimum absolute atomic E-state index is 0.132. The third-order valence-electron chi connectivity index (χ3n) is 2.80. The van der Waals surface area contributed by atoms with Crippen LogP contribution in [0.25, 0.3) is 0 Å². The summed E-state index contributed by atoms with van der Waals surface area (Å²) in [5, 5.41) is 5.94. The number of aromatic nitrogens is 2. The van der Waals surface area contributed by atoms with E-state index in [0.717, 1.165) is 31.7 Å². The van der Waals surface area contributed by atoms with E-state index in [1.54, 1.807) is 13.1 Å². The van der Waals surface area contributed by atoms with Gasteiger partial charge in [-0.25, -0.2) is 9.97 Å². The van der Waals surface area contributed by atoms with Gasteiger partial charge in [0.2, 0.25) is 5.91 Å². The molecule has 1 saturated heterocycles. The zero-order valence-electron chi connectivity index (χ0n) is 9.94. The number of carbonyl (C=O) groups is 1. The average molecular weight is 235 g/mol. The molecule has 0 aromatic carbocycles. The SMILES string of the molecule is CNc1cc(NCC(=O)N2CCCC2)ncn1. The van der Waals surface area contributed by atoms with E-state index in [-0.39, 0.29) is 5.91 Å². The number of hydrogen-bond acceptors (Lipinski definition) is 5. The summed E-state index contributed by atoms with van der Waals surface area (Å²) in [7, 11) is 1.79. The Kier molecular flexibility index (Phi) is 3.74. The first-order valence-electron chi connectivity index (χ1n) is 5.81. The Morgan fingerprint density at radius 3 is 2.76 bits per heavy atom. The molecule has 0 unspecified atom stereocenters. The fourth-order valence-corrected chi connectivity index (χ4v) is 1.84. The van der Waals surface area contributed by atoms with Crippen LogP contribution in [0.3, 0.4) is 0 Å². The van der Waals surface area contributed by atoms with E-state index in [4.69, 9.17) is 0 Å². The largest absolute Gasteiger partial charge is 0.373 e. The van der Waals surface area contributed by atoms with Gasteiger partial charge in [0.1, 0.15) is 18.0 Å². The van der Waals surface area contributed by atoms with Crippen LogP contribution in [0.15, 0.2) is 12.4 Å². The van der Waals surface area contributed by atoms with Crippen molar-refractivity contribution >= 4 is 17.5 Å². The first-order chi connectivity index (χ1) is 8.29. The van der Waals surface area contributed by atoms with Crippen molar-refractivity contribution in [3.05, 3.63) is 12.4 Å². The van der Waals surface area contributed by atoms with Gasteiger partial charge in [0.05, 0.1) is 6.54 Å². The van der Waals surface area contributed by atoms with Crippen LogP contribution in [0.4, 0.5) is 11.6 Å². The molecule has 2 rings (SSSR count). The monoisotopic (exact) mass is 235 g/mol. The van der Waals surface area contributed by atoms with Crippen LogP contribution in [0.1, 0.15) is 12.8 Å². The normalized spacial score (nSPS) is 14.8. The predicted molar refractivity (Wildman–Crippen MR) is 65.9 cm³/mol. The summed E-state index contributed by atoms with van der Waals surface area (Å²) in [6, 6.07) is 1.78. The fourth-order valence-electron chi connectivity index (χ4n) is 1.84. The van der Waals surface area contributed by atoms with Gasteiger partial charge in [-0.05, 0) is 12.8 Å². The van der Waals surface area contributed by atoms with Crippen LogP contribution in [-0.4, -0.2) is 47.5 Å². The van der Waals surface area contributed by atoms with Gasteiger partial charge < -0.3 is 15.5 Å². The van der Waals surface area contributed by atoms with Crippen LogP contribution in [0.5, 0.6) is 0 Å². The molecule has 2 heterocycles. The average Bonchev–Trinajstić information content (AvgIpc) is 2.90. The standard InChI is InChI=1S/C11H17N5O/c1-12-9-6-10(15-8-14-9)13-7-11(17)16-4-2-3-5-16/h6,8H,2-5,7H2,1H3,(H2,12,13,14,15). The van der Waals surface area contributed by atoms with Crippen molar-refractivity contribution in [2.24, 2.45) is 0 Å². The first kappa shape index (κ1) is 11.6. The molecule has 92 valence electrons. The van der Waals surface area contributed by atoms with Gasteiger partial charge in [0, 0.05) is 26.2 Å². The van der Waals surface area contributed by atoms with Crippen LogP contribution in [-0.2, 0) is 4.79 Å². The van der Waals surface area contributed by atoms with Gasteiger partial charge in [0.25, 0.3) is 0 Å². The summed E-state index contributed by atoms with van der Waals surface area (Å²) >= 11 is 0. The van der Waals surface area contributed by atoms with Crippen molar-refractivity contribution in [1.82, 2.24) is 14.9 Å². The molecule has 1 aliphatic rings. The number of likely N-dealkylation sites (tertiary alicyclic amines) is 1. The molecule has 0 saturated carbocycles. The molecule has 1 aromatic heterocycles. The van der Waals surface area contributed by atoms with Crippen molar-refractivity contribution in [3.8, 4) is 0 Å². The number of nitrogens with one attached hydrogen (secondary N) is 2. The lowest BCUT2D eigenvalue weighted by atomic mass is 10.4. The second-order valence-corrected chi connectivity index (χ2v) is 3.98. The summed E-state index contributed by atoms with van der Waals surface area (Å²) in [6.07, 6.45) is 3.70. The number of amides is 1. The minimum Gasteiger partial charge on any atom is -0.373 e. The molecule has 17 heavy (non-hydrogen) atoms. The van der Waals surface area contributed by atoms with Gasteiger partial charge in [-0.2, -0.15) is 0 Å². The molecule has 0 spiro atoms. The van der Waals surface area contributed by atoms with E-state index in [9.17, 15) is 4.79 Å². The summed E-state index contributed by atoms with van der Waals surface area (Å²) in [5.74, 6) is 1.53. The topological polar surface area (TPSA) is 70.2 Å². The van der Waals surface area contributed by atoms with Gasteiger partial charge >= 0.3 is 0 Å². The molecule has 0 bridgehead atoms. The summed E-state index contributed by atoms with van der Waals surface area (Å²) in [5.41, 5.74) is 0. The number of anilines is 2. The van der Waals surface area contributed by atoms with E-state index in [1.807, 2.05) is 4.90 Å². The van der Waals surface area contributed by atoms with Gasteiger partial charge in [-0.1, -0.05) is 0 Å². The van der Waals surface area contributed by atoms with E-state index in [0.29, 0.717) is 12.4 Å². The van der Waals surface area contributed by atoms with E-state index in [1.165, 1.54) is 6.33 Å². The second kappa shape index (κ2) is 5.47. The zero-order valence-corrected chi connectivity index (χ0v) is 9.94. The molecule has 6 nitrogen and oxygen atoms in total. The Bertz CT molecular complexity index is 389. The Morgan fingerprint density at radius 1 is 1.35 bits per heavy atom. The van der Waals surface area contributed by atoms with Crippen molar-refractivity contribution in [3.63, 3.8) is 0 Å². The Labute approximate surface area is 100 Å². The molecule has 0 radical (unpaired) electrons. The number of carbonyl (C=O) groups excluding carboxylic acids is 1. The molecule has 0 atom stereocenters. The van der Waals surface area contributed by atoms with Crippen molar-refractivity contribution in [1.29, 1.82) is 0 Å². The highest BCUT2D eigenvalue weighted by Crippen LogP contribution is 2.09. The smallest absolute Gasteiger partial charge is 0.241 e. The second-order valence-electron chi connectivity index (χ2n) is 3.98. The lowest BCUT2D eigenvalue weighted by Crippen LogP contribution is -2.33. The molecule has 6 heteroatoms. The van der Waals surface area contributed by atoms with Gasteiger partial charge in [-0.15, -0.1) is 0 Å². The summed E-state index contributed by atoms with van der Waals surface area (Å²) in [6.45, 7) is 2.05. The quantitative estimate of drug-likeness (QED) is 0.797. The highest BCUT2D eigenvalue weighted by atomic mass is 16.2. The molecule has 1 aromatic rings. The zero-order chi connectivity index (χ0) is 12.1. The van der Waals surface area contributed by atoms with Crippen molar-refractivity contribution < 1.29 is 4.79 Å². The van der Waals surface area contributed by atoms with E-state index >= 15 is 0 Å². The summed E-state index contributed by atoms with van der Waals surface area (Å²) in [4.78, 5) is 21.7. The van der Waals surface area contributed by atoms with Crippen molar-refractivity contribution in [2.45, 2.75) is 12.8 Å². The van der Waals surface area contributed by atoms with Crippen molar-refractivity contribution in [2.75, 3.05) is 37.3 Å². The molecule has 2 N–H and O–H groups in total. The third-order valence-corrected chi connectivity index (χ3v) is 2.80. The number of nitrogens with zero attached hydrogens (tertiary/aromatic N) is 3. The molecular formula is C11H17N5O. The maximum Gasteiger partial charge on any atom is 0.241 e. The fraction of sp³-hybridized carbons (Fsp3) is 0.545. The van der Waals surface area contributed by atoms with Gasteiger partial charge in [-0.3, -0.25) is 4.79 Å². The Hall–Kier alpha value is -1.85. The maximum atomic E-state index is 11.8. The van der Waals surface area contributed by atoms with Crippen LogP contribution < -0.4 is 10.6 Å². The molecule has 1 fully saturated rings. The minimum atomic E-state index is 0.132. The van der Waals surface area contributed by atoms with Crippen LogP contribution >= 0.6 is 0 Å². The summed E-state index contributed by atoms with van der Waals surface area (Å²) < 4.78 is 0. The van der Waals surface area contributed by atoms with Crippen LogP contribution in [0.2, 0.25) is 0 Å². The molecule has 1 aliphatic heterocycles. The van der Waals surface area contributed by atoms with Crippen LogP contribution in [0, 0.1) is 0 Å². The van der Waals surface area contributed by atoms with E-state index in [2.05, 4.69) is 20.6 Å². The molecule has 0 aliphatic carbocycles. The Balaban J connectivity index is 1.86. The molecule has 1 amide bonds. The number of hydrogen-bond donors (Lipinski definition) is 2. The maximum absolute atomic E-state index is 11.8. The molecular weight excluding hydrogens is 218 g/mol. The first-order valence-corrected chi connectivity index (χ1v) is 5.81. The number of rotatable bonds is 4. The third kappa shape index (κ3) is 3.05. The lowest BCUT2D eigenvalue weighted by molar-refractivity contribution is -0.128. The van der Waals surface area contributed by atoms with Gasteiger partial charge in [0.15, 0.2) is 0 Å².